The first-order chi connectivity index (χ1) is 12.5. The molecule has 0 amide bonds. The monoisotopic (exact) mass is 372 g/mol. The predicted molar refractivity (Wildman–Crippen MR) is 102 cm³/mol. The first kappa shape index (κ1) is 18.3. The maximum Gasteiger partial charge on any atom is 0.338 e. The number of hydrogen-bond acceptors (Lipinski definition) is 5. The Morgan fingerprint density at radius 1 is 1.08 bits per heavy atom. The second-order valence-electron chi connectivity index (χ2n) is 6.10. The van der Waals surface area contributed by atoms with Gasteiger partial charge in [-0.25, -0.2) is 4.79 Å². The van der Waals surface area contributed by atoms with Crippen molar-refractivity contribution in [1.82, 2.24) is 0 Å². The van der Waals surface area contributed by atoms with Crippen molar-refractivity contribution >= 4 is 38.7 Å². The Morgan fingerprint density at radius 2 is 1.88 bits per heavy atom. The molecule has 5 nitrogen and oxygen atoms in total. The quantitative estimate of drug-likeness (QED) is 0.371. The van der Waals surface area contributed by atoms with Crippen molar-refractivity contribution in [2.24, 2.45) is 0 Å². The zero-order valence-electron chi connectivity index (χ0n) is 14.7. The Hall–Kier alpha value is -2.47. The number of carbonyl (C=O) groups is 1. The fourth-order valence-electron chi connectivity index (χ4n) is 2.74. The molecular weight excluding hydrogens is 352 g/mol. The van der Waals surface area contributed by atoms with Gasteiger partial charge in [0.15, 0.2) is 0 Å². The smallest absolute Gasteiger partial charge is 0.338 e. The largest absolute Gasteiger partial charge is 0.462 e. The molecule has 0 aliphatic rings. The van der Waals surface area contributed by atoms with Gasteiger partial charge in [0.05, 0.1) is 22.9 Å². The average molecular weight is 372 g/mol. The van der Waals surface area contributed by atoms with Gasteiger partial charge in [0, 0.05) is 22.0 Å². The summed E-state index contributed by atoms with van der Waals surface area (Å²) in [6.07, 6.45) is 4.45. The zero-order chi connectivity index (χ0) is 18.7. The van der Waals surface area contributed by atoms with E-state index in [-0.39, 0.29) is 5.43 Å². The molecule has 6 heteroatoms. The van der Waals surface area contributed by atoms with Crippen LogP contribution in [0.1, 0.15) is 36.5 Å². The molecule has 0 saturated carbocycles. The summed E-state index contributed by atoms with van der Waals surface area (Å²) < 4.78 is 22.6. The van der Waals surface area contributed by atoms with E-state index >= 15 is 0 Å². The minimum absolute atomic E-state index is 0.227. The summed E-state index contributed by atoms with van der Waals surface area (Å²) in [5, 5.41) is 0.714. The molecule has 1 unspecified atom stereocenters. The van der Waals surface area contributed by atoms with E-state index < -0.39 is 16.8 Å². The summed E-state index contributed by atoms with van der Waals surface area (Å²) in [4.78, 5) is 25.5. The van der Waals surface area contributed by atoms with Crippen LogP contribution in [0.2, 0.25) is 0 Å². The van der Waals surface area contributed by atoms with Crippen LogP contribution in [0.15, 0.2) is 50.5 Å². The molecule has 3 aromatic rings. The van der Waals surface area contributed by atoms with Gasteiger partial charge >= 0.3 is 5.97 Å². The summed E-state index contributed by atoms with van der Waals surface area (Å²) in [6.45, 7) is 2.45. The first-order valence-corrected chi connectivity index (χ1v) is 10.1. The molecule has 0 aliphatic carbocycles. The molecule has 1 atom stereocenters. The van der Waals surface area contributed by atoms with Gasteiger partial charge in [-0.15, -0.1) is 0 Å². The molecular formula is C20H20O5S. The molecule has 2 aromatic carbocycles. The van der Waals surface area contributed by atoms with E-state index in [0.717, 1.165) is 19.3 Å². The highest BCUT2D eigenvalue weighted by atomic mass is 32.2. The van der Waals surface area contributed by atoms with Crippen LogP contribution in [-0.2, 0) is 15.5 Å². The lowest BCUT2D eigenvalue weighted by molar-refractivity contribution is 0.0498. The SMILES string of the molecule is CCCCCOC(=O)c1ccc2oc3cc(S(C)=O)ccc3c(=O)c2c1. The number of ether oxygens (including phenoxy) is 1. The lowest BCUT2D eigenvalue weighted by Crippen LogP contribution is -2.08. The highest BCUT2D eigenvalue weighted by Gasteiger charge is 2.13. The first-order valence-electron chi connectivity index (χ1n) is 8.52. The van der Waals surface area contributed by atoms with Crippen molar-refractivity contribution in [3.63, 3.8) is 0 Å². The lowest BCUT2D eigenvalue weighted by atomic mass is 10.1. The number of hydrogen-bond donors (Lipinski definition) is 0. The summed E-state index contributed by atoms with van der Waals surface area (Å²) in [6, 6.07) is 9.55. The Balaban J connectivity index is 1.99. The summed E-state index contributed by atoms with van der Waals surface area (Å²) >= 11 is 0. The minimum Gasteiger partial charge on any atom is -0.462 e. The van der Waals surface area contributed by atoms with Crippen LogP contribution in [0.3, 0.4) is 0 Å². The van der Waals surface area contributed by atoms with Crippen LogP contribution in [0, 0.1) is 0 Å². The van der Waals surface area contributed by atoms with Gasteiger partial charge in [0.25, 0.3) is 0 Å². The number of rotatable bonds is 6. The van der Waals surface area contributed by atoms with Crippen LogP contribution in [0.25, 0.3) is 21.9 Å². The Labute approximate surface area is 153 Å². The summed E-state index contributed by atoms with van der Waals surface area (Å²) in [5.74, 6) is -0.445. The standard InChI is InChI=1S/C20H20O5S/c1-3-4-5-10-24-20(22)13-6-9-17-16(11-13)19(21)15-8-7-14(26(2)23)12-18(15)25-17/h6-9,11-12H,3-5,10H2,1-2H3. The fourth-order valence-corrected chi connectivity index (χ4v) is 3.27. The Kier molecular flexibility index (Phi) is 5.52. The van der Waals surface area contributed by atoms with E-state index in [9.17, 15) is 13.8 Å². The molecule has 0 saturated heterocycles. The number of benzene rings is 2. The number of unbranched alkanes of at least 4 members (excludes halogenated alkanes) is 2. The Morgan fingerprint density at radius 3 is 2.62 bits per heavy atom. The Bertz CT molecular complexity index is 1050. The number of fused-ring (bicyclic) bond motifs is 2. The molecule has 0 aliphatic heterocycles. The second-order valence-corrected chi connectivity index (χ2v) is 7.48. The maximum atomic E-state index is 12.8. The minimum atomic E-state index is -1.16. The zero-order valence-corrected chi connectivity index (χ0v) is 15.6. The molecule has 0 radical (unpaired) electrons. The van der Waals surface area contributed by atoms with Crippen molar-refractivity contribution in [3.8, 4) is 0 Å². The van der Waals surface area contributed by atoms with E-state index in [2.05, 4.69) is 6.92 Å². The van der Waals surface area contributed by atoms with Crippen molar-refractivity contribution in [1.29, 1.82) is 0 Å². The predicted octanol–water partition coefficient (Wildman–Crippen LogP) is 4.03. The normalized spacial score (nSPS) is 12.4. The molecule has 3 rings (SSSR count). The molecule has 136 valence electrons. The molecule has 0 spiro atoms. The van der Waals surface area contributed by atoms with Gasteiger partial charge in [-0.1, -0.05) is 19.8 Å². The summed E-state index contributed by atoms with van der Waals surface area (Å²) in [7, 11) is -1.16. The van der Waals surface area contributed by atoms with Crippen LogP contribution in [-0.4, -0.2) is 23.0 Å². The maximum absolute atomic E-state index is 12.8. The van der Waals surface area contributed by atoms with E-state index in [1.807, 2.05) is 0 Å². The van der Waals surface area contributed by atoms with E-state index in [1.165, 1.54) is 6.07 Å². The highest BCUT2D eigenvalue weighted by molar-refractivity contribution is 7.84. The summed E-state index contributed by atoms with van der Waals surface area (Å²) in [5.41, 5.74) is 0.858. The molecule has 0 N–H and O–H groups in total. The second kappa shape index (κ2) is 7.83. The molecule has 1 aromatic heterocycles. The molecule has 1 heterocycles. The average Bonchev–Trinajstić information content (AvgIpc) is 2.64. The van der Waals surface area contributed by atoms with Crippen molar-refractivity contribution in [2.75, 3.05) is 12.9 Å². The molecule has 26 heavy (non-hydrogen) atoms. The highest BCUT2D eigenvalue weighted by Crippen LogP contribution is 2.22. The van der Waals surface area contributed by atoms with Gasteiger partial charge in [-0.3, -0.25) is 9.00 Å². The lowest BCUT2D eigenvalue weighted by Gasteiger charge is -2.06. The van der Waals surface area contributed by atoms with Gasteiger partial charge < -0.3 is 9.15 Å². The third kappa shape index (κ3) is 3.70. The van der Waals surface area contributed by atoms with Crippen LogP contribution >= 0.6 is 0 Å². The van der Waals surface area contributed by atoms with Crippen molar-refractivity contribution in [3.05, 3.63) is 52.2 Å². The third-order valence-corrected chi connectivity index (χ3v) is 5.11. The number of carbonyl (C=O) groups excluding carboxylic acids is 1. The fraction of sp³-hybridized carbons (Fsp3) is 0.300. The van der Waals surface area contributed by atoms with Gasteiger partial charge in [-0.05, 0) is 42.8 Å². The van der Waals surface area contributed by atoms with E-state index in [1.54, 1.807) is 36.6 Å². The van der Waals surface area contributed by atoms with Gasteiger partial charge in [-0.2, -0.15) is 0 Å². The van der Waals surface area contributed by atoms with Crippen LogP contribution in [0.5, 0.6) is 0 Å². The van der Waals surface area contributed by atoms with Crippen molar-refractivity contribution in [2.45, 2.75) is 31.1 Å². The topological polar surface area (TPSA) is 73.6 Å². The van der Waals surface area contributed by atoms with E-state index in [4.69, 9.17) is 9.15 Å². The van der Waals surface area contributed by atoms with E-state index in [0.29, 0.717) is 39.0 Å². The van der Waals surface area contributed by atoms with Crippen LogP contribution in [0.4, 0.5) is 0 Å². The van der Waals surface area contributed by atoms with Crippen LogP contribution < -0.4 is 5.43 Å². The molecule has 0 fully saturated rings. The molecule has 0 bridgehead atoms. The number of esters is 1. The van der Waals surface area contributed by atoms with Gasteiger partial charge in [0.1, 0.15) is 11.2 Å². The third-order valence-electron chi connectivity index (χ3n) is 4.19. The van der Waals surface area contributed by atoms with Gasteiger partial charge in [0.2, 0.25) is 5.43 Å². The van der Waals surface area contributed by atoms with Crippen molar-refractivity contribution < 1.29 is 18.2 Å².